The van der Waals surface area contributed by atoms with Gasteiger partial charge in [0, 0.05) is 19.5 Å². The summed E-state index contributed by atoms with van der Waals surface area (Å²) in [5.74, 6) is 4.65. The summed E-state index contributed by atoms with van der Waals surface area (Å²) in [5.41, 5.74) is 0. The summed E-state index contributed by atoms with van der Waals surface area (Å²) in [5, 5.41) is 7.55. The van der Waals surface area contributed by atoms with Crippen molar-refractivity contribution in [2.24, 2.45) is 13.0 Å². The predicted molar refractivity (Wildman–Crippen MR) is 72.2 cm³/mol. The van der Waals surface area contributed by atoms with Crippen LogP contribution in [-0.2, 0) is 13.5 Å². The molecule has 1 saturated heterocycles. The highest BCUT2D eigenvalue weighted by atomic mass is 32.2. The van der Waals surface area contributed by atoms with Crippen molar-refractivity contribution in [3.05, 3.63) is 12.2 Å². The maximum absolute atomic E-state index is 4.30. The molecule has 1 aliphatic rings. The molecule has 4 nitrogen and oxygen atoms in total. The average Bonchev–Trinajstić information content (AvgIpc) is 2.75. The second-order valence-corrected chi connectivity index (χ2v) is 6.01. The Hall–Kier alpha value is -0.550. The topological polar surface area (TPSA) is 42.7 Å². The molecule has 1 aromatic heterocycles. The van der Waals surface area contributed by atoms with Gasteiger partial charge >= 0.3 is 0 Å². The van der Waals surface area contributed by atoms with E-state index in [2.05, 4.69) is 34.2 Å². The van der Waals surface area contributed by atoms with Gasteiger partial charge in [-0.1, -0.05) is 0 Å². The first-order valence-corrected chi connectivity index (χ1v) is 7.53. The molecule has 2 rings (SSSR count). The van der Waals surface area contributed by atoms with E-state index in [-0.39, 0.29) is 0 Å². The zero-order valence-electron chi connectivity index (χ0n) is 10.7. The Bertz CT molecular complexity index is 333. The molecule has 0 radical (unpaired) electrons. The van der Waals surface area contributed by atoms with Crippen LogP contribution in [0.5, 0.6) is 0 Å². The van der Waals surface area contributed by atoms with Gasteiger partial charge in [-0.15, -0.1) is 0 Å². The van der Waals surface area contributed by atoms with Gasteiger partial charge in [-0.2, -0.15) is 16.9 Å². The van der Waals surface area contributed by atoms with Crippen molar-refractivity contribution in [1.82, 2.24) is 20.1 Å². The molecule has 2 heterocycles. The lowest BCUT2D eigenvalue weighted by atomic mass is 9.93. The van der Waals surface area contributed by atoms with Crippen LogP contribution in [-0.4, -0.2) is 39.4 Å². The molecule has 1 aliphatic heterocycles. The van der Waals surface area contributed by atoms with Gasteiger partial charge in [-0.25, -0.2) is 4.98 Å². The monoisotopic (exact) mass is 254 g/mol. The molecular formula is C12H22N4S. The summed E-state index contributed by atoms with van der Waals surface area (Å²) in [7, 11) is 4.02. The van der Waals surface area contributed by atoms with E-state index < -0.39 is 0 Å². The molecular weight excluding hydrogens is 232 g/mol. The molecule has 0 spiro atoms. The maximum Gasteiger partial charge on any atom is 0.138 e. The number of thioether (sulfide) groups is 1. The van der Waals surface area contributed by atoms with Gasteiger partial charge in [0.1, 0.15) is 12.2 Å². The standard InChI is InChI=1S/C12H22N4S/c1-13-11(7-10-3-5-17-6-4-10)8-12-14-9-15-16(12)2/h9-11,13H,3-8H2,1-2H3. The smallest absolute Gasteiger partial charge is 0.138 e. The maximum atomic E-state index is 4.30. The second-order valence-electron chi connectivity index (χ2n) is 4.78. The third-order valence-electron chi connectivity index (χ3n) is 3.60. The Morgan fingerprint density at radius 2 is 2.29 bits per heavy atom. The summed E-state index contributed by atoms with van der Waals surface area (Å²) < 4.78 is 1.88. The minimum absolute atomic E-state index is 0.533. The number of nitrogens with zero attached hydrogens (tertiary/aromatic N) is 3. The molecule has 0 saturated carbocycles. The number of aromatic nitrogens is 3. The van der Waals surface area contributed by atoms with Crippen LogP contribution in [0.1, 0.15) is 25.1 Å². The molecule has 1 atom stereocenters. The SMILES string of the molecule is CNC(Cc1ncnn1C)CC1CCSCC1. The van der Waals surface area contributed by atoms with Crippen molar-refractivity contribution in [2.45, 2.75) is 31.7 Å². The van der Waals surface area contributed by atoms with Gasteiger partial charge in [0.05, 0.1) is 0 Å². The fraction of sp³-hybridized carbons (Fsp3) is 0.833. The molecule has 1 N–H and O–H groups in total. The van der Waals surface area contributed by atoms with Gasteiger partial charge in [0.2, 0.25) is 0 Å². The average molecular weight is 254 g/mol. The molecule has 0 amide bonds. The molecule has 0 aliphatic carbocycles. The summed E-state index contributed by atoms with van der Waals surface area (Å²) in [6.07, 6.45) is 6.64. The van der Waals surface area contributed by atoms with E-state index >= 15 is 0 Å². The van der Waals surface area contributed by atoms with Crippen LogP contribution in [0.2, 0.25) is 0 Å². The van der Waals surface area contributed by atoms with Crippen molar-refractivity contribution in [3.63, 3.8) is 0 Å². The first-order chi connectivity index (χ1) is 8.29. The van der Waals surface area contributed by atoms with Crippen molar-refractivity contribution in [2.75, 3.05) is 18.6 Å². The largest absolute Gasteiger partial charge is 0.317 e. The van der Waals surface area contributed by atoms with E-state index in [9.17, 15) is 0 Å². The molecule has 96 valence electrons. The van der Waals surface area contributed by atoms with Gasteiger partial charge in [0.15, 0.2) is 0 Å². The summed E-state index contributed by atoms with van der Waals surface area (Å²) in [4.78, 5) is 4.30. The number of rotatable bonds is 5. The lowest BCUT2D eigenvalue weighted by molar-refractivity contribution is 0.370. The number of nitrogens with one attached hydrogen (secondary N) is 1. The van der Waals surface area contributed by atoms with Crippen LogP contribution in [0.25, 0.3) is 0 Å². The molecule has 0 bridgehead atoms. The normalized spacial score (nSPS) is 19.4. The molecule has 1 aromatic rings. The van der Waals surface area contributed by atoms with Crippen LogP contribution in [0, 0.1) is 5.92 Å². The van der Waals surface area contributed by atoms with Crippen molar-refractivity contribution in [1.29, 1.82) is 0 Å². The summed E-state index contributed by atoms with van der Waals surface area (Å²) >= 11 is 2.09. The van der Waals surface area contributed by atoms with Gasteiger partial charge in [-0.3, -0.25) is 4.68 Å². The highest BCUT2D eigenvalue weighted by Crippen LogP contribution is 2.26. The number of hydrogen-bond acceptors (Lipinski definition) is 4. The second kappa shape index (κ2) is 6.40. The van der Waals surface area contributed by atoms with Crippen LogP contribution in [0.4, 0.5) is 0 Å². The fourth-order valence-electron chi connectivity index (χ4n) is 2.41. The summed E-state index contributed by atoms with van der Waals surface area (Å²) in [6, 6.07) is 0.533. The Balaban J connectivity index is 1.85. The Morgan fingerprint density at radius 3 is 2.88 bits per heavy atom. The van der Waals surface area contributed by atoms with E-state index in [0.717, 1.165) is 18.2 Å². The third kappa shape index (κ3) is 3.71. The minimum Gasteiger partial charge on any atom is -0.317 e. The van der Waals surface area contributed by atoms with E-state index in [1.807, 2.05) is 11.7 Å². The van der Waals surface area contributed by atoms with Crippen LogP contribution in [0.3, 0.4) is 0 Å². The Kier molecular flexibility index (Phi) is 4.86. The zero-order valence-corrected chi connectivity index (χ0v) is 11.5. The molecule has 5 heteroatoms. The first-order valence-electron chi connectivity index (χ1n) is 6.37. The molecule has 17 heavy (non-hydrogen) atoms. The number of likely N-dealkylation sites (N-methyl/N-ethyl adjacent to an activating group) is 1. The first kappa shape index (κ1) is 12.9. The lowest BCUT2D eigenvalue weighted by Crippen LogP contribution is -2.32. The van der Waals surface area contributed by atoms with Crippen LogP contribution in [0.15, 0.2) is 6.33 Å². The van der Waals surface area contributed by atoms with Crippen LogP contribution >= 0.6 is 11.8 Å². The zero-order chi connectivity index (χ0) is 12.1. The Morgan fingerprint density at radius 1 is 1.53 bits per heavy atom. The summed E-state index contributed by atoms with van der Waals surface area (Å²) in [6.45, 7) is 0. The van der Waals surface area contributed by atoms with Gasteiger partial charge in [0.25, 0.3) is 0 Å². The van der Waals surface area contributed by atoms with E-state index in [1.165, 1.54) is 30.8 Å². The molecule has 1 fully saturated rings. The van der Waals surface area contributed by atoms with E-state index in [0.29, 0.717) is 6.04 Å². The third-order valence-corrected chi connectivity index (χ3v) is 4.65. The quantitative estimate of drug-likeness (QED) is 0.864. The van der Waals surface area contributed by atoms with Crippen molar-refractivity contribution >= 4 is 11.8 Å². The Labute approximate surface area is 108 Å². The molecule has 1 unspecified atom stereocenters. The van der Waals surface area contributed by atoms with Crippen molar-refractivity contribution in [3.8, 4) is 0 Å². The van der Waals surface area contributed by atoms with E-state index in [4.69, 9.17) is 0 Å². The predicted octanol–water partition coefficient (Wildman–Crippen LogP) is 1.48. The van der Waals surface area contributed by atoms with Gasteiger partial charge in [-0.05, 0) is 43.7 Å². The lowest BCUT2D eigenvalue weighted by Gasteiger charge is -2.25. The molecule has 0 aromatic carbocycles. The highest BCUT2D eigenvalue weighted by Gasteiger charge is 2.19. The number of hydrogen-bond donors (Lipinski definition) is 1. The van der Waals surface area contributed by atoms with Crippen LogP contribution < -0.4 is 5.32 Å². The highest BCUT2D eigenvalue weighted by molar-refractivity contribution is 7.99. The van der Waals surface area contributed by atoms with Gasteiger partial charge < -0.3 is 5.32 Å². The minimum atomic E-state index is 0.533. The fourth-order valence-corrected chi connectivity index (χ4v) is 3.62. The number of aryl methyl sites for hydroxylation is 1. The van der Waals surface area contributed by atoms with E-state index in [1.54, 1.807) is 6.33 Å². The van der Waals surface area contributed by atoms with Crippen molar-refractivity contribution < 1.29 is 0 Å².